The molecule has 0 unspecified atom stereocenters. The molecule has 0 spiro atoms. The van der Waals surface area contributed by atoms with Gasteiger partial charge in [0, 0.05) is 11.3 Å². The topological polar surface area (TPSA) is 63.6 Å². The van der Waals surface area contributed by atoms with Crippen LogP contribution in [0.25, 0.3) is 0 Å². The molecule has 106 valence electrons. The van der Waals surface area contributed by atoms with Crippen molar-refractivity contribution in [2.24, 2.45) is 0 Å². The molecule has 0 aliphatic heterocycles. The van der Waals surface area contributed by atoms with Crippen LogP contribution < -0.4 is 0 Å². The van der Waals surface area contributed by atoms with Gasteiger partial charge in [0.05, 0.1) is 13.0 Å². The second kappa shape index (κ2) is 8.04. The summed E-state index contributed by atoms with van der Waals surface area (Å²) in [5.74, 6) is -0.417. The summed E-state index contributed by atoms with van der Waals surface area (Å²) in [7, 11) is 0. The molecule has 0 saturated heterocycles. The van der Waals surface area contributed by atoms with Gasteiger partial charge in [-0.25, -0.2) is 4.79 Å². The van der Waals surface area contributed by atoms with Crippen LogP contribution in [-0.4, -0.2) is 29.4 Å². The van der Waals surface area contributed by atoms with E-state index in [0.29, 0.717) is 18.8 Å². The molecule has 0 fully saturated rings. The van der Waals surface area contributed by atoms with Gasteiger partial charge < -0.3 is 9.84 Å². The monoisotopic (exact) mass is 284 g/mol. The van der Waals surface area contributed by atoms with Crippen molar-refractivity contribution in [3.8, 4) is 0 Å². The molecule has 0 amide bonds. The number of hydrogen-bond acceptors (Lipinski definition) is 4. The Hall–Kier alpha value is -1.23. The Balaban J connectivity index is 2.69. The van der Waals surface area contributed by atoms with Gasteiger partial charge in [-0.1, -0.05) is 6.92 Å². The number of carbonyl (C=O) groups excluding carboxylic acids is 1. The van der Waals surface area contributed by atoms with Gasteiger partial charge in [0.2, 0.25) is 0 Å². The van der Waals surface area contributed by atoms with E-state index in [1.165, 1.54) is 0 Å². The summed E-state index contributed by atoms with van der Waals surface area (Å²) in [5.41, 5.74) is 1.79. The highest BCUT2D eigenvalue weighted by atomic mass is 32.2. The first-order valence-electron chi connectivity index (χ1n) is 6.52. The maximum absolute atomic E-state index is 11.8. The molecule has 0 aromatic heterocycles. The Labute approximate surface area is 117 Å². The summed E-state index contributed by atoms with van der Waals surface area (Å²) in [5, 5.41) is 8.61. The van der Waals surface area contributed by atoms with Crippen LogP contribution in [0.2, 0.25) is 0 Å². The third-order valence-corrected chi connectivity index (χ3v) is 3.95. The lowest BCUT2D eigenvalue weighted by Crippen LogP contribution is -2.12. The lowest BCUT2D eigenvalue weighted by Gasteiger charge is -2.18. The van der Waals surface area contributed by atoms with Crippen LogP contribution in [0.4, 0.5) is 0 Å². The molecule has 0 radical (unpaired) electrons. The van der Waals surface area contributed by atoms with Crippen LogP contribution in [0, 0.1) is 0 Å². The molecular formula is C14H20O4S. The first-order chi connectivity index (χ1) is 9.08. The van der Waals surface area contributed by atoms with E-state index in [0.717, 1.165) is 28.9 Å². The predicted octanol–water partition coefficient (Wildman–Crippen LogP) is 3.14. The molecule has 5 heteroatoms. The van der Waals surface area contributed by atoms with Gasteiger partial charge in [0.15, 0.2) is 0 Å². The van der Waals surface area contributed by atoms with E-state index in [1.807, 2.05) is 13.0 Å². The Bertz CT molecular complexity index is 410. The average molecular weight is 284 g/mol. The second-order valence-corrected chi connectivity index (χ2v) is 5.40. The van der Waals surface area contributed by atoms with Gasteiger partial charge in [0.25, 0.3) is 0 Å². The highest BCUT2D eigenvalue weighted by molar-refractivity contribution is 8.03. The van der Waals surface area contributed by atoms with Crippen molar-refractivity contribution in [3.05, 3.63) is 22.1 Å². The zero-order chi connectivity index (χ0) is 14.3. The van der Waals surface area contributed by atoms with Crippen LogP contribution in [0.5, 0.6) is 0 Å². The minimum Gasteiger partial charge on any atom is -0.481 e. The number of aliphatic carboxylic acids is 1. The Kier molecular flexibility index (Phi) is 6.70. The fourth-order valence-corrected chi connectivity index (χ4v) is 2.92. The number of carboxylic acid groups (broad SMARTS) is 1. The normalized spacial score (nSPS) is 15.2. The molecular weight excluding hydrogens is 264 g/mol. The van der Waals surface area contributed by atoms with Gasteiger partial charge in [-0.2, -0.15) is 0 Å². The molecule has 1 rings (SSSR count). The summed E-state index contributed by atoms with van der Waals surface area (Å²) in [6.07, 6.45) is 4.45. The van der Waals surface area contributed by atoms with Crippen molar-refractivity contribution in [1.82, 2.24) is 0 Å². The third kappa shape index (κ3) is 5.11. The van der Waals surface area contributed by atoms with E-state index in [-0.39, 0.29) is 12.4 Å². The number of allylic oxidation sites excluding steroid dienone is 3. The van der Waals surface area contributed by atoms with Crippen molar-refractivity contribution in [3.63, 3.8) is 0 Å². The van der Waals surface area contributed by atoms with Crippen LogP contribution >= 0.6 is 11.8 Å². The molecule has 1 aliphatic rings. The first-order valence-corrected chi connectivity index (χ1v) is 7.51. The Morgan fingerprint density at radius 2 is 2.11 bits per heavy atom. The molecule has 0 bridgehead atoms. The van der Waals surface area contributed by atoms with Crippen molar-refractivity contribution in [1.29, 1.82) is 0 Å². The summed E-state index contributed by atoms with van der Waals surface area (Å²) >= 11 is 1.57. The van der Waals surface area contributed by atoms with Crippen molar-refractivity contribution in [2.45, 2.75) is 39.5 Å². The SMILES string of the molecule is CCOC(=O)C1=C(CC)C=C(SCCC(=O)O)CC1. The quantitative estimate of drug-likeness (QED) is 0.728. The van der Waals surface area contributed by atoms with E-state index in [4.69, 9.17) is 9.84 Å². The van der Waals surface area contributed by atoms with Crippen LogP contribution in [0.15, 0.2) is 22.1 Å². The number of rotatable bonds is 7. The van der Waals surface area contributed by atoms with E-state index < -0.39 is 5.97 Å². The number of thioether (sulfide) groups is 1. The standard InChI is InChI=1S/C14H20O4S/c1-3-10-9-11(19-8-7-13(15)16)5-6-12(10)14(17)18-4-2/h9H,3-8H2,1-2H3,(H,15,16). The Morgan fingerprint density at radius 3 is 2.68 bits per heavy atom. The summed E-state index contributed by atoms with van der Waals surface area (Å²) in [6.45, 7) is 4.20. The molecule has 0 heterocycles. The van der Waals surface area contributed by atoms with Crippen molar-refractivity contribution < 1.29 is 19.4 Å². The fraction of sp³-hybridized carbons (Fsp3) is 0.571. The lowest BCUT2D eigenvalue weighted by atomic mass is 9.96. The van der Waals surface area contributed by atoms with Crippen molar-refractivity contribution in [2.75, 3.05) is 12.4 Å². The number of ether oxygens (including phenoxy) is 1. The largest absolute Gasteiger partial charge is 0.481 e. The van der Waals surface area contributed by atoms with E-state index >= 15 is 0 Å². The maximum Gasteiger partial charge on any atom is 0.334 e. The highest BCUT2D eigenvalue weighted by Gasteiger charge is 2.19. The highest BCUT2D eigenvalue weighted by Crippen LogP contribution is 2.33. The van der Waals surface area contributed by atoms with Gasteiger partial charge >= 0.3 is 11.9 Å². The van der Waals surface area contributed by atoms with E-state index in [9.17, 15) is 9.59 Å². The van der Waals surface area contributed by atoms with Gasteiger partial charge in [-0.15, -0.1) is 11.8 Å². The minimum atomic E-state index is -0.776. The first kappa shape index (κ1) is 15.8. The number of carboxylic acids is 1. The van der Waals surface area contributed by atoms with Crippen LogP contribution in [0.1, 0.15) is 39.5 Å². The van der Waals surface area contributed by atoms with Gasteiger partial charge in [0.1, 0.15) is 0 Å². The average Bonchev–Trinajstić information content (AvgIpc) is 2.38. The summed E-state index contributed by atoms with van der Waals surface area (Å²) in [4.78, 5) is 23.4. The fourth-order valence-electron chi connectivity index (χ4n) is 1.91. The van der Waals surface area contributed by atoms with E-state index in [1.54, 1.807) is 18.7 Å². The number of carbonyl (C=O) groups is 2. The molecule has 0 aromatic rings. The molecule has 0 atom stereocenters. The smallest absolute Gasteiger partial charge is 0.334 e. The minimum absolute atomic E-state index is 0.165. The molecule has 4 nitrogen and oxygen atoms in total. The Morgan fingerprint density at radius 1 is 1.37 bits per heavy atom. The molecule has 0 saturated carbocycles. The van der Waals surface area contributed by atoms with E-state index in [2.05, 4.69) is 0 Å². The van der Waals surface area contributed by atoms with Gasteiger partial charge in [-0.3, -0.25) is 4.79 Å². The zero-order valence-electron chi connectivity index (χ0n) is 11.4. The van der Waals surface area contributed by atoms with Crippen LogP contribution in [0.3, 0.4) is 0 Å². The van der Waals surface area contributed by atoms with Gasteiger partial charge in [-0.05, 0) is 42.7 Å². The maximum atomic E-state index is 11.8. The van der Waals surface area contributed by atoms with Crippen molar-refractivity contribution >= 4 is 23.7 Å². The molecule has 0 aromatic carbocycles. The molecule has 19 heavy (non-hydrogen) atoms. The predicted molar refractivity (Wildman–Crippen MR) is 76.0 cm³/mol. The zero-order valence-corrected chi connectivity index (χ0v) is 12.2. The molecule has 1 aliphatic carbocycles. The number of hydrogen-bond donors (Lipinski definition) is 1. The van der Waals surface area contributed by atoms with Crippen LogP contribution in [-0.2, 0) is 14.3 Å². The second-order valence-electron chi connectivity index (χ2n) is 4.18. The third-order valence-electron chi connectivity index (χ3n) is 2.85. The molecule has 1 N–H and O–H groups in total. The summed E-state index contributed by atoms with van der Waals surface area (Å²) < 4.78 is 5.05. The number of esters is 1. The summed E-state index contributed by atoms with van der Waals surface area (Å²) in [6, 6.07) is 0. The lowest BCUT2D eigenvalue weighted by molar-refractivity contribution is -0.139.